The van der Waals surface area contributed by atoms with Gasteiger partial charge in [0.15, 0.2) is 0 Å². The molecular weight excluding hydrogens is 235 g/mol. The van der Waals surface area contributed by atoms with E-state index in [1.165, 1.54) is 0 Å². The molecule has 0 aliphatic carbocycles. The third kappa shape index (κ3) is 17.1. The molecule has 76 valence electrons. The van der Waals surface area contributed by atoms with E-state index in [0.29, 0.717) is 0 Å². The number of rotatable bonds is 6. The molecule has 0 aromatic carbocycles. The summed E-state index contributed by atoms with van der Waals surface area (Å²) in [5.41, 5.74) is 10.6. The maximum atomic E-state index is 5.29. The highest BCUT2D eigenvalue weighted by Crippen LogP contribution is 2.06. The second-order valence-electron chi connectivity index (χ2n) is 1.59. The molecule has 0 saturated carbocycles. The lowest BCUT2D eigenvalue weighted by atomic mass is 10.8. The van der Waals surface area contributed by atoms with Gasteiger partial charge in [-0.2, -0.15) is 0 Å². The van der Waals surface area contributed by atoms with Crippen molar-refractivity contribution < 1.29 is 0 Å². The van der Waals surface area contributed by atoms with Crippen LogP contribution in [0.25, 0.3) is 0 Å². The van der Waals surface area contributed by atoms with E-state index < -0.39 is 0 Å². The first-order valence-corrected chi connectivity index (χ1v) is 5.30. The fourth-order valence-electron chi connectivity index (χ4n) is 0.351. The fraction of sp³-hybridized carbons (Fsp3) is 0.667. The molecular formula is C6H16Cl2N2S2. The normalized spacial score (nSPS) is 9.17. The first-order chi connectivity index (χ1) is 4.91. The van der Waals surface area contributed by atoms with Crippen molar-refractivity contribution in [1.29, 1.82) is 0 Å². The molecule has 0 bridgehead atoms. The molecule has 0 aromatic heterocycles. The van der Waals surface area contributed by atoms with Crippen molar-refractivity contribution in [2.45, 2.75) is 0 Å². The number of hydrogen-bond acceptors (Lipinski definition) is 4. The Kier molecular flexibility index (Phi) is 27.8. The summed E-state index contributed by atoms with van der Waals surface area (Å²) in [6.45, 7) is 1.49. The van der Waals surface area contributed by atoms with Gasteiger partial charge in [-0.3, -0.25) is 0 Å². The van der Waals surface area contributed by atoms with Crippen LogP contribution in [0.3, 0.4) is 0 Å². The molecule has 0 amide bonds. The quantitative estimate of drug-likeness (QED) is 0.705. The summed E-state index contributed by atoms with van der Waals surface area (Å²) >= 11 is 3.47. The molecule has 0 radical (unpaired) electrons. The highest BCUT2D eigenvalue weighted by atomic mass is 35.5. The molecule has 0 fully saturated rings. The predicted molar refractivity (Wildman–Crippen MR) is 66.7 cm³/mol. The zero-order valence-corrected chi connectivity index (χ0v) is 10.0. The minimum Gasteiger partial charge on any atom is -0.330 e. The van der Waals surface area contributed by atoms with E-state index in [1.807, 2.05) is 0 Å². The molecule has 0 atom stereocenters. The van der Waals surface area contributed by atoms with Gasteiger partial charge in [0.1, 0.15) is 0 Å². The Labute approximate surface area is 95.1 Å². The van der Waals surface area contributed by atoms with Gasteiger partial charge in [-0.15, -0.1) is 48.3 Å². The lowest BCUT2D eigenvalue weighted by molar-refractivity contribution is 1.15. The van der Waals surface area contributed by atoms with Crippen LogP contribution in [-0.4, -0.2) is 24.6 Å². The van der Waals surface area contributed by atoms with Crippen LogP contribution >= 0.6 is 48.3 Å². The third-order valence-electron chi connectivity index (χ3n) is 0.719. The largest absolute Gasteiger partial charge is 0.330 e. The Bertz CT molecular complexity index is 83.6. The zero-order valence-electron chi connectivity index (χ0n) is 6.77. The van der Waals surface area contributed by atoms with Crippen LogP contribution < -0.4 is 11.5 Å². The summed E-state index contributed by atoms with van der Waals surface area (Å²) in [5.74, 6) is 2.00. The maximum absolute atomic E-state index is 5.29. The molecule has 12 heavy (non-hydrogen) atoms. The highest BCUT2D eigenvalue weighted by Gasteiger charge is 1.79. The van der Waals surface area contributed by atoms with Crippen LogP contribution in [0.15, 0.2) is 10.8 Å². The Hall–Kier alpha value is 0.940. The molecule has 0 aliphatic rings. The number of halogens is 2. The van der Waals surface area contributed by atoms with Gasteiger partial charge in [0, 0.05) is 24.6 Å². The molecule has 0 heterocycles. The van der Waals surface area contributed by atoms with Gasteiger partial charge in [-0.1, -0.05) is 0 Å². The van der Waals surface area contributed by atoms with Crippen LogP contribution in [0.4, 0.5) is 0 Å². The lowest BCUT2D eigenvalue weighted by Crippen LogP contribution is -2.00. The van der Waals surface area contributed by atoms with Gasteiger partial charge in [0.05, 0.1) is 0 Å². The standard InChI is InChI=1S/C6H14N2S2.2ClH/c7-1-3-9-5-6-10-4-2-8;;/h5-6H,1-4,7-8H2;2*1H/b6-5-;;. The average Bonchev–Trinajstić information content (AvgIpc) is 1.97. The summed E-state index contributed by atoms with van der Waals surface area (Å²) in [4.78, 5) is 0. The van der Waals surface area contributed by atoms with Crippen molar-refractivity contribution in [3.05, 3.63) is 10.8 Å². The van der Waals surface area contributed by atoms with Gasteiger partial charge in [-0.25, -0.2) is 0 Å². The smallest absolute Gasteiger partial charge is 0.00975 e. The van der Waals surface area contributed by atoms with E-state index in [9.17, 15) is 0 Å². The van der Waals surface area contributed by atoms with Crippen molar-refractivity contribution >= 4 is 48.3 Å². The Morgan fingerprint density at radius 1 is 0.833 bits per heavy atom. The van der Waals surface area contributed by atoms with Gasteiger partial charge in [0.25, 0.3) is 0 Å². The second kappa shape index (κ2) is 17.9. The van der Waals surface area contributed by atoms with Crippen molar-refractivity contribution in [3.8, 4) is 0 Å². The third-order valence-corrected chi connectivity index (χ3v) is 2.49. The molecule has 0 saturated heterocycles. The summed E-state index contributed by atoms with van der Waals surface area (Å²) < 4.78 is 0. The Morgan fingerprint density at radius 2 is 1.17 bits per heavy atom. The molecule has 2 nitrogen and oxygen atoms in total. The van der Waals surface area contributed by atoms with Crippen LogP contribution in [0, 0.1) is 0 Å². The fourth-order valence-corrected chi connectivity index (χ4v) is 1.52. The zero-order chi connectivity index (χ0) is 7.66. The minimum absolute atomic E-state index is 0. The maximum Gasteiger partial charge on any atom is 0.00975 e. The van der Waals surface area contributed by atoms with Crippen molar-refractivity contribution in [2.75, 3.05) is 24.6 Å². The molecule has 0 unspecified atom stereocenters. The number of nitrogens with two attached hydrogens (primary N) is 2. The van der Waals surface area contributed by atoms with E-state index in [1.54, 1.807) is 23.5 Å². The van der Waals surface area contributed by atoms with Crippen molar-refractivity contribution in [3.63, 3.8) is 0 Å². The molecule has 0 aromatic rings. The van der Waals surface area contributed by atoms with Gasteiger partial charge < -0.3 is 11.5 Å². The highest BCUT2D eigenvalue weighted by molar-refractivity contribution is 8.05. The monoisotopic (exact) mass is 250 g/mol. The molecule has 0 spiro atoms. The van der Waals surface area contributed by atoms with E-state index in [-0.39, 0.29) is 24.8 Å². The topological polar surface area (TPSA) is 52.0 Å². The minimum atomic E-state index is 0. The summed E-state index contributed by atoms with van der Waals surface area (Å²) in [6, 6.07) is 0. The van der Waals surface area contributed by atoms with E-state index in [2.05, 4.69) is 10.8 Å². The van der Waals surface area contributed by atoms with Crippen LogP contribution in [-0.2, 0) is 0 Å². The first kappa shape index (κ1) is 18.7. The van der Waals surface area contributed by atoms with Crippen LogP contribution in [0.5, 0.6) is 0 Å². The molecule has 4 N–H and O–H groups in total. The van der Waals surface area contributed by atoms with Gasteiger partial charge in [0.2, 0.25) is 0 Å². The molecule has 0 aliphatic heterocycles. The predicted octanol–water partition coefficient (Wildman–Crippen LogP) is 1.69. The SMILES string of the molecule is Cl.Cl.NCCS/C=C\SCCN. The Morgan fingerprint density at radius 3 is 1.42 bits per heavy atom. The first-order valence-electron chi connectivity index (χ1n) is 3.20. The van der Waals surface area contributed by atoms with Crippen molar-refractivity contribution in [1.82, 2.24) is 0 Å². The summed E-state index contributed by atoms with van der Waals surface area (Å²) in [6.07, 6.45) is 0. The van der Waals surface area contributed by atoms with Crippen molar-refractivity contribution in [2.24, 2.45) is 11.5 Å². The lowest BCUT2D eigenvalue weighted by Gasteiger charge is -1.89. The summed E-state index contributed by atoms with van der Waals surface area (Å²) in [7, 11) is 0. The van der Waals surface area contributed by atoms with E-state index in [4.69, 9.17) is 11.5 Å². The second-order valence-corrected chi connectivity index (χ2v) is 3.62. The van der Waals surface area contributed by atoms with Gasteiger partial charge >= 0.3 is 0 Å². The number of hydrogen-bond donors (Lipinski definition) is 2. The van der Waals surface area contributed by atoms with Gasteiger partial charge in [-0.05, 0) is 10.8 Å². The molecule has 0 rings (SSSR count). The summed E-state index contributed by atoms with van der Waals surface area (Å²) in [5, 5.41) is 4.13. The van der Waals surface area contributed by atoms with E-state index in [0.717, 1.165) is 24.6 Å². The number of thioether (sulfide) groups is 2. The Balaban J connectivity index is -0.000000405. The average molecular weight is 251 g/mol. The van der Waals surface area contributed by atoms with Crippen LogP contribution in [0.1, 0.15) is 0 Å². The molecule has 6 heteroatoms. The van der Waals surface area contributed by atoms with E-state index >= 15 is 0 Å². The van der Waals surface area contributed by atoms with Crippen LogP contribution in [0.2, 0.25) is 0 Å².